The van der Waals surface area contributed by atoms with E-state index in [1.165, 1.54) is 30.5 Å². The van der Waals surface area contributed by atoms with Crippen molar-refractivity contribution < 1.29 is 32.3 Å². The smallest absolute Gasteiger partial charge is 0.387 e. The molecule has 1 heterocycles. The number of nitrogens with one attached hydrogen (secondary N) is 3. The fourth-order valence-electron chi connectivity index (χ4n) is 1.86. The highest BCUT2D eigenvalue weighted by Crippen LogP contribution is 2.21. The largest absolute Gasteiger partial charge is 0.467 e. The lowest BCUT2D eigenvalue weighted by molar-refractivity contribution is -0.140. The highest BCUT2D eigenvalue weighted by atomic mass is 19.3. The van der Waals surface area contributed by atoms with Crippen LogP contribution in [-0.4, -0.2) is 24.3 Å². The SMILES string of the molecule is O=C(/C=C/c1ccccc1OC(F)F)NNC(=O)C(=O)NCc1ccco1. The van der Waals surface area contributed by atoms with Gasteiger partial charge in [0.1, 0.15) is 11.5 Å². The highest BCUT2D eigenvalue weighted by Gasteiger charge is 2.14. The number of benzene rings is 1. The fourth-order valence-corrected chi connectivity index (χ4v) is 1.86. The van der Waals surface area contributed by atoms with Gasteiger partial charge < -0.3 is 14.5 Å². The number of carbonyl (C=O) groups is 3. The van der Waals surface area contributed by atoms with Crippen molar-refractivity contribution in [1.82, 2.24) is 16.2 Å². The summed E-state index contributed by atoms with van der Waals surface area (Å²) in [5, 5.41) is 2.29. The molecule has 0 fully saturated rings. The first kappa shape index (κ1) is 19.6. The minimum absolute atomic E-state index is 0.00796. The Morgan fingerprint density at radius 3 is 2.56 bits per heavy atom. The van der Waals surface area contributed by atoms with Gasteiger partial charge in [0, 0.05) is 11.6 Å². The molecule has 8 nitrogen and oxygen atoms in total. The minimum atomic E-state index is -3.01. The standard InChI is InChI=1S/C17H15F2N3O5/c18-17(19)27-13-6-2-1-4-11(13)7-8-14(23)21-22-16(25)15(24)20-10-12-5-3-9-26-12/h1-9,17H,10H2,(H,20,24)(H,21,23)(H,22,25)/b8-7+. The predicted molar refractivity (Wildman–Crippen MR) is 88.9 cm³/mol. The second-order valence-corrected chi connectivity index (χ2v) is 4.96. The van der Waals surface area contributed by atoms with Crippen molar-refractivity contribution in [3.63, 3.8) is 0 Å². The lowest BCUT2D eigenvalue weighted by atomic mass is 10.2. The van der Waals surface area contributed by atoms with Crippen molar-refractivity contribution in [2.45, 2.75) is 13.2 Å². The first-order valence-corrected chi connectivity index (χ1v) is 7.58. The van der Waals surface area contributed by atoms with Crippen molar-refractivity contribution in [3.05, 3.63) is 60.1 Å². The van der Waals surface area contributed by atoms with Crippen LogP contribution in [0, 0.1) is 0 Å². The zero-order valence-electron chi connectivity index (χ0n) is 13.8. The molecule has 0 spiro atoms. The summed E-state index contributed by atoms with van der Waals surface area (Å²) in [5.41, 5.74) is 4.13. The average Bonchev–Trinajstić information content (AvgIpc) is 3.16. The molecule has 2 aromatic rings. The maximum absolute atomic E-state index is 12.3. The first-order valence-electron chi connectivity index (χ1n) is 7.58. The van der Waals surface area contributed by atoms with Crippen LogP contribution < -0.4 is 20.9 Å². The van der Waals surface area contributed by atoms with Gasteiger partial charge in [-0.3, -0.25) is 25.2 Å². The monoisotopic (exact) mass is 379 g/mol. The zero-order valence-corrected chi connectivity index (χ0v) is 13.8. The summed E-state index contributed by atoms with van der Waals surface area (Å²) in [6, 6.07) is 9.08. The maximum Gasteiger partial charge on any atom is 0.387 e. The lowest BCUT2D eigenvalue weighted by Gasteiger charge is -2.07. The fraction of sp³-hybridized carbons (Fsp3) is 0.118. The molecular weight excluding hydrogens is 364 g/mol. The van der Waals surface area contributed by atoms with E-state index in [0.717, 1.165) is 6.08 Å². The van der Waals surface area contributed by atoms with Crippen molar-refractivity contribution in [3.8, 4) is 5.75 Å². The van der Waals surface area contributed by atoms with Gasteiger partial charge in [0.15, 0.2) is 0 Å². The molecule has 1 aromatic heterocycles. The quantitative estimate of drug-likeness (QED) is 0.399. The van der Waals surface area contributed by atoms with Gasteiger partial charge in [0.2, 0.25) is 0 Å². The number of hydrogen-bond acceptors (Lipinski definition) is 5. The van der Waals surface area contributed by atoms with Crippen LogP contribution in [0.25, 0.3) is 6.08 Å². The van der Waals surface area contributed by atoms with Gasteiger partial charge in [-0.1, -0.05) is 18.2 Å². The Morgan fingerprint density at radius 1 is 1.07 bits per heavy atom. The molecule has 142 valence electrons. The zero-order chi connectivity index (χ0) is 19.6. The van der Waals surface area contributed by atoms with E-state index >= 15 is 0 Å². The molecule has 0 saturated heterocycles. The van der Waals surface area contributed by atoms with Crippen LogP contribution in [0.15, 0.2) is 53.2 Å². The molecule has 0 aliphatic rings. The van der Waals surface area contributed by atoms with Crippen LogP contribution in [0.1, 0.15) is 11.3 Å². The number of furan rings is 1. The first-order chi connectivity index (χ1) is 13.0. The predicted octanol–water partition coefficient (Wildman–Crippen LogP) is 1.36. The Balaban J connectivity index is 1.80. The number of hydrogen-bond donors (Lipinski definition) is 3. The summed E-state index contributed by atoms with van der Waals surface area (Å²) in [6.07, 6.45) is 3.61. The lowest BCUT2D eigenvalue weighted by Crippen LogP contribution is -2.47. The summed E-state index contributed by atoms with van der Waals surface area (Å²) < 4.78 is 33.9. The number of halogens is 2. The Bertz CT molecular complexity index is 822. The van der Waals surface area contributed by atoms with Crippen molar-refractivity contribution in [2.75, 3.05) is 0 Å². The number of para-hydroxylation sites is 1. The Hall–Kier alpha value is -3.69. The second-order valence-electron chi connectivity index (χ2n) is 4.96. The topological polar surface area (TPSA) is 110 Å². The highest BCUT2D eigenvalue weighted by molar-refractivity contribution is 6.35. The molecule has 0 saturated carbocycles. The average molecular weight is 379 g/mol. The van der Waals surface area contributed by atoms with Crippen molar-refractivity contribution in [1.29, 1.82) is 0 Å². The van der Waals surface area contributed by atoms with Crippen LogP contribution in [0.3, 0.4) is 0 Å². The summed E-state index contributed by atoms with van der Waals surface area (Å²) in [6.45, 7) is -3.00. The van der Waals surface area contributed by atoms with E-state index < -0.39 is 24.3 Å². The number of hydrazine groups is 1. The van der Waals surface area contributed by atoms with Gasteiger partial charge >= 0.3 is 18.4 Å². The van der Waals surface area contributed by atoms with Crippen molar-refractivity contribution >= 4 is 23.8 Å². The van der Waals surface area contributed by atoms with Crippen LogP contribution in [-0.2, 0) is 20.9 Å². The third-order valence-electron chi connectivity index (χ3n) is 3.06. The van der Waals surface area contributed by atoms with Gasteiger partial charge in [-0.25, -0.2) is 0 Å². The molecule has 27 heavy (non-hydrogen) atoms. The number of carbonyl (C=O) groups excluding carboxylic acids is 3. The summed E-state index contributed by atoms with van der Waals surface area (Å²) in [4.78, 5) is 34.8. The molecule has 2 rings (SSSR count). The van der Waals surface area contributed by atoms with Gasteiger partial charge in [-0.2, -0.15) is 8.78 Å². The number of ether oxygens (including phenoxy) is 1. The number of rotatable bonds is 6. The molecule has 0 unspecified atom stereocenters. The van der Waals surface area contributed by atoms with E-state index in [-0.39, 0.29) is 17.9 Å². The minimum Gasteiger partial charge on any atom is -0.467 e. The van der Waals surface area contributed by atoms with E-state index in [0.29, 0.717) is 5.76 Å². The van der Waals surface area contributed by atoms with Gasteiger partial charge in [-0.05, 0) is 24.3 Å². The molecule has 3 amide bonds. The van der Waals surface area contributed by atoms with E-state index in [4.69, 9.17) is 4.42 Å². The molecule has 0 aliphatic carbocycles. The second kappa shape index (κ2) is 9.70. The van der Waals surface area contributed by atoms with Crippen LogP contribution in [0.4, 0.5) is 8.78 Å². The summed E-state index contributed by atoms with van der Waals surface area (Å²) in [5.74, 6) is -2.52. The maximum atomic E-state index is 12.3. The van der Waals surface area contributed by atoms with Gasteiger partial charge in [-0.15, -0.1) is 0 Å². The van der Waals surface area contributed by atoms with Crippen LogP contribution in [0.5, 0.6) is 5.75 Å². The number of amides is 3. The molecule has 1 aromatic carbocycles. The third kappa shape index (κ3) is 6.61. The van der Waals surface area contributed by atoms with Crippen molar-refractivity contribution in [2.24, 2.45) is 0 Å². The molecule has 0 atom stereocenters. The molecular formula is C17H15F2N3O5. The summed E-state index contributed by atoms with van der Waals surface area (Å²) in [7, 11) is 0. The van der Waals surface area contributed by atoms with Crippen LogP contribution >= 0.6 is 0 Å². The Morgan fingerprint density at radius 2 is 1.85 bits per heavy atom. The molecule has 0 bridgehead atoms. The van der Waals surface area contributed by atoms with E-state index in [1.807, 2.05) is 10.9 Å². The molecule has 3 N–H and O–H groups in total. The Kier molecular flexibility index (Phi) is 7.06. The van der Waals surface area contributed by atoms with E-state index in [1.54, 1.807) is 18.2 Å². The third-order valence-corrected chi connectivity index (χ3v) is 3.06. The van der Waals surface area contributed by atoms with E-state index in [2.05, 4.69) is 10.1 Å². The molecule has 10 heteroatoms. The Labute approximate surface area is 152 Å². The van der Waals surface area contributed by atoms with Gasteiger partial charge in [0.05, 0.1) is 12.8 Å². The normalized spacial score (nSPS) is 10.6. The molecule has 0 aliphatic heterocycles. The van der Waals surface area contributed by atoms with Crippen LogP contribution in [0.2, 0.25) is 0 Å². The van der Waals surface area contributed by atoms with E-state index in [9.17, 15) is 23.2 Å². The van der Waals surface area contributed by atoms with Gasteiger partial charge in [0.25, 0.3) is 5.91 Å². The molecule has 0 radical (unpaired) electrons. The number of alkyl halides is 2. The summed E-state index contributed by atoms with van der Waals surface area (Å²) >= 11 is 0.